The summed E-state index contributed by atoms with van der Waals surface area (Å²) in [5.74, 6) is 0.966. The van der Waals surface area contributed by atoms with Crippen LogP contribution in [-0.2, 0) is 39.5 Å². The van der Waals surface area contributed by atoms with Crippen molar-refractivity contribution in [2.45, 2.75) is 29.4 Å². The maximum absolute atomic E-state index is 15.1. The average Bonchev–Trinajstić information content (AvgIpc) is 3.59. The van der Waals surface area contributed by atoms with Crippen LogP contribution in [0.25, 0.3) is 11.4 Å². The largest absolute Gasteiger partial charge is 0.497 e. The molecule has 0 fully saturated rings. The number of nitrogens with zero attached hydrogens (tertiary/aromatic N) is 5. The van der Waals surface area contributed by atoms with Gasteiger partial charge in [0.05, 0.1) is 44.1 Å². The smallest absolute Gasteiger partial charge is 0.404 e. The summed E-state index contributed by atoms with van der Waals surface area (Å²) < 4.78 is 75.5. The summed E-state index contributed by atoms with van der Waals surface area (Å²) in [4.78, 5) is 11.3. The molecule has 1 heterocycles. The van der Waals surface area contributed by atoms with E-state index in [0.717, 1.165) is 5.56 Å². The molecule has 0 atom stereocenters. The molecule has 0 aliphatic carbocycles. The van der Waals surface area contributed by atoms with E-state index in [4.69, 9.17) is 19.3 Å². The Morgan fingerprint density at radius 3 is 1.77 bits per heavy atom. The minimum Gasteiger partial charge on any atom is -0.497 e. The van der Waals surface area contributed by atoms with Crippen LogP contribution in [-0.4, -0.2) is 86.2 Å². The molecule has 5 aromatic rings. The third kappa shape index (κ3) is 9.16. The molecule has 15 nitrogen and oxygen atoms in total. The van der Waals surface area contributed by atoms with Gasteiger partial charge in [0.2, 0.25) is 15.8 Å². The lowest BCUT2D eigenvalue weighted by atomic mass is 10.2. The zero-order chi connectivity index (χ0) is 37.5. The summed E-state index contributed by atoms with van der Waals surface area (Å²) in [6.45, 7) is -0.604. The number of halogens is 1. The Bertz CT molecular complexity index is 2180. The molecule has 0 bridgehead atoms. The predicted molar refractivity (Wildman–Crippen MR) is 199 cm³/mol. The van der Waals surface area contributed by atoms with Crippen LogP contribution in [0.1, 0.15) is 16.7 Å². The van der Waals surface area contributed by atoms with Crippen LogP contribution in [0.15, 0.2) is 94.7 Å². The number of methoxy groups -OCH3 is 3. The van der Waals surface area contributed by atoms with Gasteiger partial charge >= 0.3 is 6.09 Å². The lowest BCUT2D eigenvalue weighted by molar-refractivity contribution is 0.195. The fourth-order valence-corrected chi connectivity index (χ4v) is 9.68. The molecule has 0 aliphatic rings. The minimum atomic E-state index is -4.72. The van der Waals surface area contributed by atoms with Crippen molar-refractivity contribution in [3.63, 3.8) is 0 Å². The second-order valence-electron chi connectivity index (χ2n) is 11.3. The number of hydrogen-bond acceptors (Lipinski definition) is 11. The number of aromatic nitrogens is 4. The highest BCUT2D eigenvalue weighted by Crippen LogP contribution is 2.38. The van der Waals surface area contributed by atoms with Gasteiger partial charge in [0.1, 0.15) is 22.1 Å². The quantitative estimate of drug-likeness (QED) is 0.133. The van der Waals surface area contributed by atoms with E-state index in [2.05, 4.69) is 15.4 Å². The third-order valence-electron chi connectivity index (χ3n) is 7.85. The van der Waals surface area contributed by atoms with Crippen molar-refractivity contribution >= 4 is 48.5 Å². The zero-order valence-corrected chi connectivity index (χ0v) is 32.1. The van der Waals surface area contributed by atoms with E-state index in [1.807, 2.05) is 40.0 Å². The van der Waals surface area contributed by atoms with Crippen molar-refractivity contribution in [1.29, 1.82) is 0 Å². The Balaban J connectivity index is 1.67. The first-order valence-corrected chi connectivity index (χ1v) is 19.7. The van der Waals surface area contributed by atoms with Gasteiger partial charge in [-0.05, 0) is 93.0 Å². The molecule has 0 aliphatic heterocycles. The van der Waals surface area contributed by atoms with E-state index in [-0.39, 0.29) is 31.0 Å². The number of sulfonamides is 1. The van der Waals surface area contributed by atoms with E-state index in [1.54, 1.807) is 67.8 Å². The number of sulfone groups is 1. The standard InChI is InChI=1S/C34H35IN6O9S2/c1-48-26-10-4-23(5-11-26)20-40(21-24-6-12-27(49-2)13-7-24)52(46,47)32-30(51(44,45)19-18-36-34(42)43)17-16-29(35)31(32)33-37-39-41(38-33)22-25-8-14-28(50-3)15-9-25/h4-17,36H,18-22H2,1-3H3,(H,42,43). The van der Waals surface area contributed by atoms with E-state index < -0.39 is 48.0 Å². The molecule has 2 N–H and O–H groups in total. The summed E-state index contributed by atoms with van der Waals surface area (Å²) in [5, 5.41) is 24.0. The Morgan fingerprint density at radius 1 is 0.788 bits per heavy atom. The Labute approximate surface area is 314 Å². The maximum Gasteiger partial charge on any atom is 0.404 e. The van der Waals surface area contributed by atoms with E-state index in [9.17, 15) is 13.2 Å². The van der Waals surface area contributed by atoms with Crippen LogP contribution in [0.2, 0.25) is 0 Å². The molecule has 1 amide bonds. The molecule has 5 rings (SSSR count). The first-order valence-electron chi connectivity index (χ1n) is 15.5. The molecule has 0 unspecified atom stereocenters. The van der Waals surface area contributed by atoms with Gasteiger partial charge in [-0.1, -0.05) is 36.4 Å². The number of carboxylic acid groups (broad SMARTS) is 1. The molecular formula is C34H35IN6O9S2. The number of amides is 1. The van der Waals surface area contributed by atoms with Crippen LogP contribution in [0.3, 0.4) is 0 Å². The Hall–Kier alpha value is -4.79. The van der Waals surface area contributed by atoms with Crippen molar-refractivity contribution in [2.75, 3.05) is 33.6 Å². The number of nitrogens with one attached hydrogen (secondary N) is 1. The fourth-order valence-electron chi connectivity index (χ4n) is 5.18. The first-order chi connectivity index (χ1) is 24.8. The van der Waals surface area contributed by atoms with Crippen molar-refractivity contribution in [2.24, 2.45) is 0 Å². The molecular weight excluding hydrogens is 827 g/mol. The second-order valence-corrected chi connectivity index (χ2v) is 16.4. The number of carbonyl (C=O) groups is 1. The third-order valence-corrected chi connectivity index (χ3v) is 12.5. The minimum absolute atomic E-state index is 0.0664. The van der Waals surface area contributed by atoms with Gasteiger partial charge in [-0.3, -0.25) is 0 Å². The van der Waals surface area contributed by atoms with Crippen molar-refractivity contribution < 1.29 is 40.9 Å². The second kappa shape index (κ2) is 16.7. The highest BCUT2D eigenvalue weighted by molar-refractivity contribution is 14.1. The lowest BCUT2D eigenvalue weighted by Gasteiger charge is -2.25. The van der Waals surface area contributed by atoms with Gasteiger partial charge in [0.15, 0.2) is 9.84 Å². The predicted octanol–water partition coefficient (Wildman–Crippen LogP) is 4.45. The van der Waals surface area contributed by atoms with Crippen molar-refractivity contribution in [3.05, 3.63) is 105 Å². The monoisotopic (exact) mass is 862 g/mol. The van der Waals surface area contributed by atoms with E-state index in [1.165, 1.54) is 35.5 Å². The molecule has 4 aromatic carbocycles. The number of benzene rings is 4. The van der Waals surface area contributed by atoms with Crippen molar-refractivity contribution in [1.82, 2.24) is 29.8 Å². The molecule has 0 saturated carbocycles. The van der Waals surface area contributed by atoms with Gasteiger partial charge in [0.25, 0.3) is 0 Å². The van der Waals surface area contributed by atoms with Gasteiger partial charge in [-0.25, -0.2) is 21.6 Å². The molecule has 0 spiro atoms. The summed E-state index contributed by atoms with van der Waals surface area (Å²) in [7, 11) is -4.56. The summed E-state index contributed by atoms with van der Waals surface area (Å²) in [5.41, 5.74) is 1.94. The summed E-state index contributed by atoms with van der Waals surface area (Å²) in [6, 6.07) is 23.5. The highest BCUT2D eigenvalue weighted by atomic mass is 127. The van der Waals surface area contributed by atoms with Crippen molar-refractivity contribution in [3.8, 4) is 28.6 Å². The molecule has 52 heavy (non-hydrogen) atoms. The molecule has 274 valence electrons. The summed E-state index contributed by atoms with van der Waals surface area (Å²) in [6.07, 6.45) is -1.42. The highest BCUT2D eigenvalue weighted by Gasteiger charge is 2.37. The van der Waals surface area contributed by atoms with Crippen LogP contribution in [0.4, 0.5) is 4.79 Å². The molecule has 1 aromatic heterocycles. The van der Waals surface area contributed by atoms with Gasteiger partial charge in [-0.2, -0.15) is 9.10 Å². The van der Waals surface area contributed by atoms with Gasteiger partial charge < -0.3 is 24.6 Å². The molecule has 18 heteroatoms. The first kappa shape index (κ1) is 38.4. The van der Waals surface area contributed by atoms with E-state index in [0.29, 0.717) is 31.9 Å². The van der Waals surface area contributed by atoms with Gasteiger partial charge in [0, 0.05) is 23.2 Å². The lowest BCUT2D eigenvalue weighted by Crippen LogP contribution is -2.33. The average molecular weight is 863 g/mol. The fraction of sp³-hybridized carbons (Fsp3) is 0.235. The molecule has 0 saturated heterocycles. The number of tetrazole rings is 1. The number of ether oxygens (including phenoxy) is 3. The Kier molecular flexibility index (Phi) is 12.3. The SMILES string of the molecule is COc1ccc(CN(Cc2ccc(OC)cc2)S(=O)(=O)c2c(S(=O)(=O)CCNC(=O)O)ccc(I)c2-c2nnn(Cc3ccc(OC)cc3)n2)cc1. The topological polar surface area (TPSA) is 192 Å². The van der Waals surface area contributed by atoms with Crippen LogP contribution in [0.5, 0.6) is 17.2 Å². The van der Waals surface area contributed by atoms with Crippen LogP contribution < -0.4 is 19.5 Å². The molecule has 0 radical (unpaired) electrons. The van der Waals surface area contributed by atoms with Gasteiger partial charge in [-0.15, -0.1) is 10.2 Å². The zero-order valence-electron chi connectivity index (χ0n) is 28.3. The number of hydrogen-bond donors (Lipinski definition) is 2. The Morgan fingerprint density at radius 2 is 1.29 bits per heavy atom. The summed E-state index contributed by atoms with van der Waals surface area (Å²) >= 11 is 1.91. The van der Waals surface area contributed by atoms with Crippen LogP contribution >= 0.6 is 22.6 Å². The maximum atomic E-state index is 15.1. The number of rotatable bonds is 16. The van der Waals surface area contributed by atoms with E-state index >= 15 is 8.42 Å². The van der Waals surface area contributed by atoms with Crippen LogP contribution in [0, 0.1) is 3.57 Å². The normalized spacial score (nSPS) is 11.7.